The predicted molar refractivity (Wildman–Crippen MR) is 88.2 cm³/mol. The van der Waals surface area contributed by atoms with Gasteiger partial charge in [0.1, 0.15) is 5.82 Å². The molecular weight excluding hydrogens is 273 g/mol. The highest BCUT2D eigenvalue weighted by Gasteiger charge is 2.24. The van der Waals surface area contributed by atoms with Crippen molar-refractivity contribution >= 4 is 0 Å². The van der Waals surface area contributed by atoms with Crippen LogP contribution in [0.2, 0.25) is 0 Å². The zero-order valence-corrected chi connectivity index (χ0v) is 12.4. The van der Waals surface area contributed by atoms with Crippen LogP contribution >= 0.6 is 0 Å². The van der Waals surface area contributed by atoms with Gasteiger partial charge in [0.05, 0.1) is 0 Å². The number of hydrogen-bond donors (Lipinski definition) is 1. The molecule has 0 saturated heterocycles. The van der Waals surface area contributed by atoms with Gasteiger partial charge < -0.3 is 4.98 Å². The van der Waals surface area contributed by atoms with Gasteiger partial charge in [-0.25, -0.2) is 4.39 Å². The lowest BCUT2D eigenvalue weighted by atomic mass is 9.79. The standard InChI is InChI=1S/C20H18FN/c21-17-11-9-15(10-12-17)19-13-18(14-7-4-8-14)20(22-19)16-5-2-1-3-6-16/h1-3,5-6,9-14,22H,4,7-8H2. The summed E-state index contributed by atoms with van der Waals surface area (Å²) in [6.45, 7) is 0. The van der Waals surface area contributed by atoms with Crippen LogP contribution in [0, 0.1) is 5.82 Å². The van der Waals surface area contributed by atoms with Crippen molar-refractivity contribution in [3.63, 3.8) is 0 Å². The van der Waals surface area contributed by atoms with E-state index < -0.39 is 0 Å². The van der Waals surface area contributed by atoms with Crippen molar-refractivity contribution in [3.8, 4) is 22.5 Å². The maximum Gasteiger partial charge on any atom is 0.123 e. The van der Waals surface area contributed by atoms with Crippen molar-refractivity contribution in [3.05, 3.63) is 72.0 Å². The lowest BCUT2D eigenvalue weighted by Gasteiger charge is -2.25. The molecule has 0 unspecified atom stereocenters. The zero-order chi connectivity index (χ0) is 14.9. The Kier molecular flexibility index (Phi) is 3.30. The molecule has 22 heavy (non-hydrogen) atoms. The summed E-state index contributed by atoms with van der Waals surface area (Å²) in [4.78, 5) is 3.56. The van der Waals surface area contributed by atoms with Crippen LogP contribution in [0.25, 0.3) is 22.5 Å². The first kappa shape index (κ1) is 13.3. The molecule has 1 saturated carbocycles. The lowest BCUT2D eigenvalue weighted by Crippen LogP contribution is -2.08. The first-order chi connectivity index (χ1) is 10.8. The van der Waals surface area contributed by atoms with Crippen molar-refractivity contribution in [2.45, 2.75) is 25.2 Å². The summed E-state index contributed by atoms with van der Waals surface area (Å²) in [6.07, 6.45) is 3.84. The van der Waals surface area contributed by atoms with Gasteiger partial charge in [-0.3, -0.25) is 0 Å². The second kappa shape index (κ2) is 5.45. The van der Waals surface area contributed by atoms with Crippen LogP contribution in [0.3, 0.4) is 0 Å². The number of H-pyrrole nitrogens is 1. The predicted octanol–water partition coefficient (Wildman–Crippen LogP) is 5.76. The minimum atomic E-state index is -0.196. The molecule has 0 atom stereocenters. The summed E-state index contributed by atoms with van der Waals surface area (Å²) in [5, 5.41) is 0. The molecule has 0 amide bonds. The number of halogens is 1. The maximum atomic E-state index is 13.1. The molecule has 0 radical (unpaired) electrons. The van der Waals surface area contributed by atoms with E-state index in [1.165, 1.54) is 48.2 Å². The Morgan fingerprint density at radius 2 is 1.59 bits per heavy atom. The number of rotatable bonds is 3. The van der Waals surface area contributed by atoms with Crippen LogP contribution in [-0.2, 0) is 0 Å². The van der Waals surface area contributed by atoms with Crippen LogP contribution in [0.4, 0.5) is 4.39 Å². The van der Waals surface area contributed by atoms with Gasteiger partial charge in [-0.1, -0.05) is 36.8 Å². The Hall–Kier alpha value is -2.35. The average Bonchev–Trinajstić information content (AvgIpc) is 2.92. The summed E-state index contributed by atoms with van der Waals surface area (Å²) in [5.74, 6) is 0.457. The van der Waals surface area contributed by atoms with Gasteiger partial charge in [0, 0.05) is 11.4 Å². The van der Waals surface area contributed by atoms with Gasteiger partial charge in [-0.2, -0.15) is 0 Å². The molecule has 1 N–H and O–H groups in total. The zero-order valence-electron chi connectivity index (χ0n) is 12.4. The van der Waals surface area contributed by atoms with Gasteiger partial charge in [0.2, 0.25) is 0 Å². The third-order valence-corrected chi connectivity index (χ3v) is 4.61. The molecule has 3 aromatic rings. The summed E-state index contributed by atoms with van der Waals surface area (Å²) in [5.41, 5.74) is 5.93. The highest BCUT2D eigenvalue weighted by atomic mass is 19.1. The Morgan fingerprint density at radius 3 is 2.23 bits per heavy atom. The monoisotopic (exact) mass is 291 g/mol. The van der Waals surface area contributed by atoms with E-state index in [0.29, 0.717) is 5.92 Å². The lowest BCUT2D eigenvalue weighted by molar-refractivity contribution is 0.421. The van der Waals surface area contributed by atoms with Crippen molar-refractivity contribution in [1.82, 2.24) is 4.98 Å². The van der Waals surface area contributed by atoms with Crippen LogP contribution in [0.1, 0.15) is 30.7 Å². The third kappa shape index (κ3) is 2.35. The molecule has 1 aromatic heterocycles. The van der Waals surface area contributed by atoms with Gasteiger partial charge in [0.25, 0.3) is 0 Å². The number of aromatic amines is 1. The molecule has 0 bridgehead atoms. The van der Waals surface area contributed by atoms with Crippen molar-refractivity contribution in [2.24, 2.45) is 0 Å². The Morgan fingerprint density at radius 1 is 0.864 bits per heavy atom. The van der Waals surface area contributed by atoms with E-state index in [-0.39, 0.29) is 5.82 Å². The highest BCUT2D eigenvalue weighted by molar-refractivity contribution is 5.72. The number of hydrogen-bond acceptors (Lipinski definition) is 0. The minimum Gasteiger partial charge on any atom is -0.354 e. The van der Waals surface area contributed by atoms with E-state index in [2.05, 4.69) is 35.3 Å². The van der Waals surface area contributed by atoms with Gasteiger partial charge >= 0.3 is 0 Å². The number of benzene rings is 2. The van der Waals surface area contributed by atoms with E-state index in [9.17, 15) is 4.39 Å². The Labute approximate surface area is 129 Å². The molecular formula is C20H18FN. The molecule has 4 rings (SSSR count). The summed E-state index contributed by atoms with van der Waals surface area (Å²) < 4.78 is 13.1. The second-order valence-electron chi connectivity index (χ2n) is 6.01. The third-order valence-electron chi connectivity index (χ3n) is 4.61. The smallest absolute Gasteiger partial charge is 0.123 e. The Bertz CT molecular complexity index is 767. The second-order valence-corrected chi connectivity index (χ2v) is 6.01. The molecule has 1 aliphatic carbocycles. The van der Waals surface area contributed by atoms with Crippen LogP contribution < -0.4 is 0 Å². The van der Waals surface area contributed by atoms with E-state index in [1.54, 1.807) is 0 Å². The highest BCUT2D eigenvalue weighted by Crippen LogP contribution is 2.42. The van der Waals surface area contributed by atoms with Crippen LogP contribution in [-0.4, -0.2) is 4.98 Å². The SMILES string of the molecule is Fc1ccc(-c2cc(C3CCC3)c(-c3ccccc3)[nH]2)cc1. The van der Waals surface area contributed by atoms with Gasteiger partial charge in [-0.05, 0) is 65.8 Å². The molecule has 110 valence electrons. The fourth-order valence-electron chi connectivity index (χ4n) is 3.14. The van der Waals surface area contributed by atoms with E-state index >= 15 is 0 Å². The molecule has 0 spiro atoms. The fourth-order valence-corrected chi connectivity index (χ4v) is 3.14. The Balaban J connectivity index is 1.81. The molecule has 1 fully saturated rings. The molecule has 0 aliphatic heterocycles. The largest absolute Gasteiger partial charge is 0.354 e. The number of nitrogens with one attached hydrogen (secondary N) is 1. The maximum absolute atomic E-state index is 13.1. The van der Waals surface area contributed by atoms with E-state index in [4.69, 9.17) is 0 Å². The molecule has 1 nitrogen and oxygen atoms in total. The van der Waals surface area contributed by atoms with E-state index in [0.717, 1.165) is 11.3 Å². The topological polar surface area (TPSA) is 15.8 Å². The normalized spacial score (nSPS) is 14.8. The van der Waals surface area contributed by atoms with Crippen LogP contribution in [0.5, 0.6) is 0 Å². The van der Waals surface area contributed by atoms with Gasteiger partial charge in [0.15, 0.2) is 0 Å². The van der Waals surface area contributed by atoms with E-state index in [1.807, 2.05) is 18.2 Å². The fraction of sp³-hybridized carbons (Fsp3) is 0.200. The summed E-state index contributed by atoms with van der Waals surface area (Å²) in [7, 11) is 0. The molecule has 1 heterocycles. The molecule has 1 aliphatic rings. The van der Waals surface area contributed by atoms with Crippen LogP contribution in [0.15, 0.2) is 60.7 Å². The summed E-state index contributed by atoms with van der Waals surface area (Å²) >= 11 is 0. The van der Waals surface area contributed by atoms with Crippen molar-refractivity contribution in [2.75, 3.05) is 0 Å². The van der Waals surface area contributed by atoms with Gasteiger partial charge in [-0.15, -0.1) is 0 Å². The van der Waals surface area contributed by atoms with Crippen molar-refractivity contribution in [1.29, 1.82) is 0 Å². The number of aromatic nitrogens is 1. The molecule has 2 aromatic carbocycles. The van der Waals surface area contributed by atoms with Crippen molar-refractivity contribution < 1.29 is 4.39 Å². The average molecular weight is 291 g/mol. The first-order valence-electron chi connectivity index (χ1n) is 7.85. The first-order valence-corrected chi connectivity index (χ1v) is 7.85. The molecule has 2 heteroatoms. The minimum absolute atomic E-state index is 0.196. The summed E-state index contributed by atoms with van der Waals surface area (Å²) in [6, 6.07) is 19.4. The quantitative estimate of drug-likeness (QED) is 0.632.